The van der Waals surface area contributed by atoms with E-state index in [1.54, 1.807) is 0 Å². The lowest BCUT2D eigenvalue weighted by atomic mass is 9.85. The molecular weight excluding hydrogens is 160 g/mol. The van der Waals surface area contributed by atoms with Gasteiger partial charge in [0.1, 0.15) is 0 Å². The second-order valence-corrected chi connectivity index (χ2v) is 4.62. The Bertz CT molecular complexity index is 152. The van der Waals surface area contributed by atoms with E-state index in [-0.39, 0.29) is 0 Å². The number of likely N-dealkylation sites (tertiary alicyclic amines) is 1. The van der Waals surface area contributed by atoms with Gasteiger partial charge in [0.25, 0.3) is 0 Å². The Hall–Kier alpha value is -0.0800. The van der Waals surface area contributed by atoms with E-state index in [1.165, 1.54) is 32.4 Å². The van der Waals surface area contributed by atoms with Crippen molar-refractivity contribution in [3.8, 4) is 0 Å². The summed E-state index contributed by atoms with van der Waals surface area (Å²) in [5.41, 5.74) is 0.336. The summed E-state index contributed by atoms with van der Waals surface area (Å²) in [6.45, 7) is 9.51. The van der Waals surface area contributed by atoms with Crippen LogP contribution in [0.3, 0.4) is 0 Å². The van der Waals surface area contributed by atoms with Gasteiger partial charge in [0, 0.05) is 11.6 Å². The molecule has 1 aliphatic heterocycles. The molecule has 0 amide bonds. The molecule has 13 heavy (non-hydrogen) atoms. The van der Waals surface area contributed by atoms with E-state index in [0.717, 1.165) is 0 Å². The van der Waals surface area contributed by atoms with Crippen molar-refractivity contribution in [3.05, 3.63) is 0 Å². The topological polar surface area (TPSA) is 15.3 Å². The fourth-order valence-electron chi connectivity index (χ4n) is 2.52. The normalized spacial score (nSPS) is 29.1. The summed E-state index contributed by atoms with van der Waals surface area (Å²) in [5.74, 6) is 0. The fraction of sp³-hybridized carbons (Fsp3) is 1.00. The maximum Gasteiger partial charge on any atom is 0.0306 e. The molecule has 0 aromatic carbocycles. The Labute approximate surface area is 82.7 Å². The molecule has 1 atom stereocenters. The largest absolute Gasteiger partial charge is 0.315 e. The molecule has 1 fully saturated rings. The Morgan fingerprint density at radius 3 is 2.69 bits per heavy atom. The molecular formula is C11H24N2. The summed E-state index contributed by atoms with van der Waals surface area (Å²) < 4.78 is 0. The first-order valence-electron chi connectivity index (χ1n) is 5.55. The van der Waals surface area contributed by atoms with Crippen molar-refractivity contribution >= 4 is 0 Å². The van der Waals surface area contributed by atoms with Gasteiger partial charge in [-0.05, 0) is 53.2 Å². The van der Waals surface area contributed by atoms with Crippen LogP contribution >= 0.6 is 0 Å². The molecule has 0 bridgehead atoms. The SMILES string of the molecule is CCCN1CCCC(NC)C1(C)C. The highest BCUT2D eigenvalue weighted by atomic mass is 15.2. The van der Waals surface area contributed by atoms with Crippen LogP contribution in [0.25, 0.3) is 0 Å². The zero-order valence-electron chi connectivity index (χ0n) is 9.56. The van der Waals surface area contributed by atoms with Gasteiger partial charge in [-0.15, -0.1) is 0 Å². The standard InChI is InChI=1S/C11H24N2/c1-5-8-13-9-6-7-10(12-4)11(13,2)3/h10,12H,5-9H2,1-4H3. The second kappa shape index (κ2) is 4.43. The predicted octanol–water partition coefficient (Wildman–Crippen LogP) is 1.86. The van der Waals surface area contributed by atoms with Gasteiger partial charge in [0.15, 0.2) is 0 Å². The van der Waals surface area contributed by atoms with Gasteiger partial charge < -0.3 is 5.32 Å². The van der Waals surface area contributed by atoms with Crippen LogP contribution in [0.4, 0.5) is 0 Å². The van der Waals surface area contributed by atoms with E-state index in [1.807, 2.05) is 0 Å². The van der Waals surface area contributed by atoms with Gasteiger partial charge in [-0.1, -0.05) is 6.92 Å². The van der Waals surface area contributed by atoms with Crippen LogP contribution in [0, 0.1) is 0 Å². The van der Waals surface area contributed by atoms with Crippen molar-refractivity contribution < 1.29 is 0 Å². The van der Waals surface area contributed by atoms with E-state index < -0.39 is 0 Å². The number of nitrogens with zero attached hydrogens (tertiary/aromatic N) is 1. The third-order valence-electron chi connectivity index (χ3n) is 3.43. The minimum absolute atomic E-state index is 0.336. The zero-order chi connectivity index (χ0) is 9.90. The third kappa shape index (κ3) is 2.23. The quantitative estimate of drug-likeness (QED) is 0.720. The number of hydrogen-bond acceptors (Lipinski definition) is 2. The molecule has 1 unspecified atom stereocenters. The summed E-state index contributed by atoms with van der Waals surface area (Å²) in [4.78, 5) is 2.62. The van der Waals surface area contributed by atoms with Gasteiger partial charge in [0.05, 0.1) is 0 Å². The Balaban J connectivity index is 2.63. The van der Waals surface area contributed by atoms with Crippen molar-refractivity contribution in [3.63, 3.8) is 0 Å². The van der Waals surface area contributed by atoms with Gasteiger partial charge >= 0.3 is 0 Å². The van der Waals surface area contributed by atoms with Gasteiger partial charge in [0.2, 0.25) is 0 Å². The molecule has 1 heterocycles. The van der Waals surface area contributed by atoms with Crippen molar-refractivity contribution in [1.82, 2.24) is 10.2 Å². The highest BCUT2D eigenvalue weighted by Gasteiger charge is 2.36. The molecule has 0 aromatic heterocycles. The molecule has 0 aromatic rings. The maximum atomic E-state index is 3.44. The lowest BCUT2D eigenvalue weighted by molar-refractivity contribution is 0.0460. The molecule has 2 heteroatoms. The van der Waals surface area contributed by atoms with E-state index in [9.17, 15) is 0 Å². The summed E-state index contributed by atoms with van der Waals surface area (Å²) in [6.07, 6.45) is 3.93. The van der Waals surface area contributed by atoms with Gasteiger partial charge in [-0.2, -0.15) is 0 Å². The van der Waals surface area contributed by atoms with E-state index in [4.69, 9.17) is 0 Å². The Morgan fingerprint density at radius 2 is 2.15 bits per heavy atom. The fourth-order valence-corrected chi connectivity index (χ4v) is 2.52. The number of hydrogen-bond donors (Lipinski definition) is 1. The zero-order valence-corrected chi connectivity index (χ0v) is 9.56. The van der Waals surface area contributed by atoms with Crippen LogP contribution in [-0.4, -0.2) is 36.6 Å². The van der Waals surface area contributed by atoms with Crippen LogP contribution in [0.5, 0.6) is 0 Å². The van der Waals surface area contributed by atoms with Crippen molar-refractivity contribution in [1.29, 1.82) is 0 Å². The van der Waals surface area contributed by atoms with Crippen molar-refractivity contribution in [2.75, 3.05) is 20.1 Å². The smallest absolute Gasteiger partial charge is 0.0306 e. The molecule has 1 rings (SSSR count). The summed E-state index contributed by atoms with van der Waals surface area (Å²) in [5, 5.41) is 3.44. The molecule has 1 N–H and O–H groups in total. The second-order valence-electron chi connectivity index (χ2n) is 4.62. The molecule has 0 radical (unpaired) electrons. The first-order valence-corrected chi connectivity index (χ1v) is 5.55. The van der Waals surface area contributed by atoms with Crippen molar-refractivity contribution in [2.45, 2.75) is 51.6 Å². The lowest BCUT2D eigenvalue weighted by Crippen LogP contribution is -2.60. The lowest BCUT2D eigenvalue weighted by Gasteiger charge is -2.48. The third-order valence-corrected chi connectivity index (χ3v) is 3.43. The molecule has 0 aliphatic carbocycles. The Kier molecular flexibility index (Phi) is 3.74. The predicted molar refractivity (Wildman–Crippen MR) is 58.0 cm³/mol. The van der Waals surface area contributed by atoms with Crippen LogP contribution in [0.1, 0.15) is 40.0 Å². The Morgan fingerprint density at radius 1 is 1.46 bits per heavy atom. The number of piperidine rings is 1. The molecule has 0 spiro atoms. The van der Waals surface area contributed by atoms with E-state index in [0.29, 0.717) is 11.6 Å². The summed E-state index contributed by atoms with van der Waals surface area (Å²) >= 11 is 0. The summed E-state index contributed by atoms with van der Waals surface area (Å²) in [7, 11) is 2.09. The van der Waals surface area contributed by atoms with Gasteiger partial charge in [-0.3, -0.25) is 4.90 Å². The molecule has 1 aliphatic rings. The van der Waals surface area contributed by atoms with Gasteiger partial charge in [-0.25, -0.2) is 0 Å². The number of likely N-dealkylation sites (N-methyl/N-ethyl adjacent to an activating group) is 1. The molecule has 2 nitrogen and oxygen atoms in total. The highest BCUT2D eigenvalue weighted by molar-refractivity contribution is 4.96. The summed E-state index contributed by atoms with van der Waals surface area (Å²) in [6, 6.07) is 0.660. The van der Waals surface area contributed by atoms with Crippen LogP contribution < -0.4 is 5.32 Å². The highest BCUT2D eigenvalue weighted by Crippen LogP contribution is 2.27. The van der Waals surface area contributed by atoms with E-state index in [2.05, 4.69) is 38.0 Å². The average molecular weight is 184 g/mol. The average Bonchev–Trinajstić information content (AvgIpc) is 2.08. The minimum Gasteiger partial charge on any atom is -0.315 e. The molecule has 0 saturated carbocycles. The molecule has 1 saturated heterocycles. The van der Waals surface area contributed by atoms with Crippen LogP contribution in [-0.2, 0) is 0 Å². The van der Waals surface area contributed by atoms with Crippen LogP contribution in [0.15, 0.2) is 0 Å². The van der Waals surface area contributed by atoms with E-state index >= 15 is 0 Å². The first-order chi connectivity index (χ1) is 6.12. The minimum atomic E-state index is 0.336. The number of rotatable bonds is 3. The van der Waals surface area contributed by atoms with Crippen LogP contribution in [0.2, 0.25) is 0 Å². The maximum absolute atomic E-state index is 3.44. The molecule has 78 valence electrons. The first kappa shape index (κ1) is 11.0. The monoisotopic (exact) mass is 184 g/mol. The van der Waals surface area contributed by atoms with Crippen molar-refractivity contribution in [2.24, 2.45) is 0 Å². The number of nitrogens with one attached hydrogen (secondary N) is 1.